The second-order valence-electron chi connectivity index (χ2n) is 8.94. The van der Waals surface area contributed by atoms with E-state index in [0.717, 1.165) is 0 Å². The average molecular weight is 451 g/mol. The second-order valence-corrected chi connectivity index (χ2v) is 11.1. The standard InChI is InChI=1S/C21H24F2N4O3S/c1-12-16(28)10-27(12)19-25-17(15-6-7-21(22,23)18(15)26-19)13-2-4-14(5-3-13)20(24)8-9-31(29,30)11-20/h2-5,12,16,28H,6-11,24H2,1H3/t12-,16+,20-/m0/s1. The summed E-state index contributed by atoms with van der Waals surface area (Å²) in [5.74, 6) is -2.88. The topological polar surface area (TPSA) is 109 Å². The number of β-amino-alcohol motifs (C(OH)–C–C–N with tert-alkyl or cyclic N) is 1. The van der Waals surface area contributed by atoms with Crippen molar-refractivity contribution in [1.29, 1.82) is 0 Å². The van der Waals surface area contributed by atoms with E-state index in [1.54, 1.807) is 36.1 Å². The van der Waals surface area contributed by atoms with Crippen LogP contribution in [0.1, 0.15) is 36.6 Å². The molecule has 0 bridgehead atoms. The molecule has 0 radical (unpaired) electrons. The predicted octanol–water partition coefficient (Wildman–Crippen LogP) is 1.72. The number of anilines is 1. The van der Waals surface area contributed by atoms with Gasteiger partial charge in [0.2, 0.25) is 5.95 Å². The number of rotatable bonds is 3. The predicted molar refractivity (Wildman–Crippen MR) is 112 cm³/mol. The normalized spacial score (nSPS) is 30.8. The molecule has 3 heterocycles. The van der Waals surface area contributed by atoms with Crippen molar-refractivity contribution in [3.05, 3.63) is 41.1 Å². The Morgan fingerprint density at radius 1 is 1.19 bits per heavy atom. The number of hydrogen-bond acceptors (Lipinski definition) is 7. The minimum atomic E-state index is -3.16. The van der Waals surface area contributed by atoms with Crippen LogP contribution < -0.4 is 10.6 Å². The first-order valence-electron chi connectivity index (χ1n) is 10.3. The molecule has 0 unspecified atom stereocenters. The SMILES string of the molecule is C[C@H]1[C@H](O)CN1c1nc(-c2ccc([C@]3(N)CCS(=O)(=O)C3)cc2)c2c(n1)C(F)(F)CC2. The van der Waals surface area contributed by atoms with Gasteiger partial charge in [-0.1, -0.05) is 24.3 Å². The first kappa shape index (κ1) is 20.7. The number of benzene rings is 1. The van der Waals surface area contributed by atoms with E-state index in [-0.39, 0.29) is 42.0 Å². The highest BCUT2D eigenvalue weighted by Gasteiger charge is 2.45. The molecule has 0 saturated carbocycles. The molecule has 0 spiro atoms. The minimum Gasteiger partial charge on any atom is -0.389 e. The van der Waals surface area contributed by atoms with Crippen molar-refractivity contribution >= 4 is 15.8 Å². The molecule has 31 heavy (non-hydrogen) atoms. The summed E-state index contributed by atoms with van der Waals surface area (Å²) in [6, 6.07) is 6.78. The molecule has 166 valence electrons. The molecule has 2 aliphatic heterocycles. The van der Waals surface area contributed by atoms with E-state index in [1.807, 2.05) is 0 Å². The van der Waals surface area contributed by atoms with Gasteiger partial charge < -0.3 is 15.7 Å². The Hall–Kier alpha value is -2.17. The lowest BCUT2D eigenvalue weighted by Gasteiger charge is -2.43. The van der Waals surface area contributed by atoms with Crippen molar-refractivity contribution in [3.8, 4) is 11.3 Å². The van der Waals surface area contributed by atoms with E-state index in [9.17, 15) is 22.3 Å². The molecule has 2 aromatic rings. The number of fused-ring (bicyclic) bond motifs is 1. The van der Waals surface area contributed by atoms with Crippen LogP contribution in [0, 0.1) is 0 Å². The van der Waals surface area contributed by atoms with Crippen LogP contribution in [0.25, 0.3) is 11.3 Å². The number of aliphatic hydroxyl groups excluding tert-OH is 1. The van der Waals surface area contributed by atoms with Crippen LogP contribution >= 0.6 is 0 Å². The van der Waals surface area contributed by atoms with E-state index in [4.69, 9.17) is 5.73 Å². The Morgan fingerprint density at radius 2 is 1.90 bits per heavy atom. The van der Waals surface area contributed by atoms with Crippen molar-refractivity contribution in [2.45, 2.75) is 49.8 Å². The fourth-order valence-electron chi connectivity index (χ4n) is 4.70. The van der Waals surface area contributed by atoms with Gasteiger partial charge >= 0.3 is 0 Å². The quantitative estimate of drug-likeness (QED) is 0.733. The number of aliphatic hydroxyl groups is 1. The lowest BCUT2D eigenvalue weighted by molar-refractivity contribution is -0.00603. The maximum absolute atomic E-state index is 14.5. The van der Waals surface area contributed by atoms with Gasteiger partial charge in [0.1, 0.15) is 5.69 Å². The van der Waals surface area contributed by atoms with Gasteiger partial charge in [0, 0.05) is 24.1 Å². The molecule has 1 aromatic heterocycles. The molecule has 1 aromatic carbocycles. The molecule has 3 atom stereocenters. The Bertz CT molecular complexity index is 1160. The van der Waals surface area contributed by atoms with Crippen molar-refractivity contribution in [3.63, 3.8) is 0 Å². The van der Waals surface area contributed by atoms with Crippen LogP contribution in [-0.2, 0) is 27.7 Å². The largest absolute Gasteiger partial charge is 0.389 e. The lowest BCUT2D eigenvalue weighted by atomic mass is 9.89. The molecular weight excluding hydrogens is 426 g/mol. The summed E-state index contributed by atoms with van der Waals surface area (Å²) in [4.78, 5) is 10.5. The average Bonchev–Trinajstić information content (AvgIpc) is 3.20. The molecular formula is C21H24F2N4O3S. The summed E-state index contributed by atoms with van der Waals surface area (Å²) in [7, 11) is -3.16. The highest BCUT2D eigenvalue weighted by molar-refractivity contribution is 7.91. The molecule has 5 rings (SSSR count). The monoisotopic (exact) mass is 450 g/mol. The summed E-state index contributed by atoms with van der Waals surface area (Å²) in [6.07, 6.45) is -0.323. The number of sulfone groups is 1. The first-order valence-corrected chi connectivity index (χ1v) is 12.2. The van der Waals surface area contributed by atoms with Crippen molar-refractivity contribution in [1.82, 2.24) is 9.97 Å². The summed E-state index contributed by atoms with van der Waals surface area (Å²) in [5.41, 5.74) is 7.40. The van der Waals surface area contributed by atoms with Crippen LogP contribution in [0.15, 0.2) is 24.3 Å². The van der Waals surface area contributed by atoms with Crippen LogP contribution in [0.4, 0.5) is 14.7 Å². The van der Waals surface area contributed by atoms with Gasteiger partial charge in [-0.3, -0.25) is 0 Å². The summed E-state index contributed by atoms with van der Waals surface area (Å²) in [5, 5.41) is 9.83. The van der Waals surface area contributed by atoms with Crippen molar-refractivity contribution < 1.29 is 22.3 Å². The van der Waals surface area contributed by atoms with Crippen LogP contribution in [0.2, 0.25) is 0 Å². The van der Waals surface area contributed by atoms with E-state index >= 15 is 0 Å². The number of nitrogens with zero attached hydrogens (tertiary/aromatic N) is 3. The van der Waals surface area contributed by atoms with Gasteiger partial charge in [-0.15, -0.1) is 0 Å². The van der Waals surface area contributed by atoms with Crippen molar-refractivity contribution in [2.24, 2.45) is 5.73 Å². The number of alkyl halides is 2. The Balaban J connectivity index is 1.55. The van der Waals surface area contributed by atoms with E-state index in [1.165, 1.54) is 0 Å². The fourth-order valence-corrected chi connectivity index (χ4v) is 6.61. The van der Waals surface area contributed by atoms with Crippen LogP contribution in [-0.4, -0.2) is 53.7 Å². The van der Waals surface area contributed by atoms with Crippen molar-refractivity contribution in [2.75, 3.05) is 23.0 Å². The zero-order valence-corrected chi connectivity index (χ0v) is 17.9. The number of halogens is 2. The summed E-state index contributed by atoms with van der Waals surface area (Å²) in [6.45, 7) is 2.10. The molecule has 0 amide bonds. The van der Waals surface area contributed by atoms with Gasteiger partial charge in [0.15, 0.2) is 9.84 Å². The van der Waals surface area contributed by atoms with E-state index in [0.29, 0.717) is 35.3 Å². The molecule has 7 nitrogen and oxygen atoms in total. The minimum absolute atomic E-state index is 0.0585. The van der Waals surface area contributed by atoms with E-state index in [2.05, 4.69) is 9.97 Å². The Morgan fingerprint density at radius 3 is 2.48 bits per heavy atom. The zero-order chi connectivity index (χ0) is 22.2. The van der Waals surface area contributed by atoms with Crippen LogP contribution in [0.5, 0.6) is 0 Å². The molecule has 10 heteroatoms. The number of nitrogens with two attached hydrogens (primary N) is 1. The fraction of sp³-hybridized carbons (Fsp3) is 0.524. The highest BCUT2D eigenvalue weighted by Crippen LogP contribution is 2.45. The number of aromatic nitrogens is 2. The molecule has 2 saturated heterocycles. The first-order chi connectivity index (χ1) is 14.5. The summed E-state index contributed by atoms with van der Waals surface area (Å²) < 4.78 is 52.8. The van der Waals surface area contributed by atoms with Crippen LogP contribution in [0.3, 0.4) is 0 Å². The maximum atomic E-state index is 14.5. The maximum Gasteiger partial charge on any atom is 0.290 e. The Labute approximate surface area is 179 Å². The molecule has 1 aliphatic carbocycles. The van der Waals surface area contributed by atoms with E-state index < -0.39 is 27.4 Å². The Kier molecular flexibility index (Phi) is 4.45. The summed E-state index contributed by atoms with van der Waals surface area (Å²) >= 11 is 0. The van der Waals surface area contributed by atoms with Gasteiger partial charge in [0.05, 0.1) is 34.9 Å². The van der Waals surface area contributed by atoms with Gasteiger partial charge in [-0.2, -0.15) is 8.78 Å². The number of hydrogen-bond donors (Lipinski definition) is 2. The third-order valence-electron chi connectivity index (χ3n) is 6.79. The van der Waals surface area contributed by atoms with Gasteiger partial charge in [-0.25, -0.2) is 18.4 Å². The second kappa shape index (κ2) is 6.66. The zero-order valence-electron chi connectivity index (χ0n) is 17.1. The highest BCUT2D eigenvalue weighted by atomic mass is 32.2. The third-order valence-corrected chi connectivity index (χ3v) is 8.57. The lowest BCUT2D eigenvalue weighted by Crippen LogP contribution is -2.59. The molecule has 3 N–H and O–H groups in total. The smallest absolute Gasteiger partial charge is 0.290 e. The molecule has 3 aliphatic rings. The third kappa shape index (κ3) is 3.32. The van der Waals surface area contributed by atoms with Gasteiger partial charge in [0.25, 0.3) is 5.92 Å². The van der Waals surface area contributed by atoms with Gasteiger partial charge in [-0.05, 0) is 25.3 Å². The molecule has 2 fully saturated rings.